The predicted octanol–water partition coefficient (Wildman–Crippen LogP) is 1.98. The Morgan fingerprint density at radius 3 is 2.61 bits per heavy atom. The van der Waals surface area contributed by atoms with Crippen LogP contribution in [-0.4, -0.2) is 50.6 Å². The van der Waals surface area contributed by atoms with Gasteiger partial charge >= 0.3 is 5.97 Å². The van der Waals surface area contributed by atoms with Crippen LogP contribution in [0, 0.1) is 5.92 Å². The van der Waals surface area contributed by atoms with Gasteiger partial charge in [0.25, 0.3) is 0 Å². The first-order chi connectivity index (χ1) is 11.0. The van der Waals surface area contributed by atoms with Crippen LogP contribution in [-0.2, 0) is 23.7 Å². The highest BCUT2D eigenvalue weighted by atomic mass is 16.8. The van der Waals surface area contributed by atoms with Gasteiger partial charge in [-0.25, -0.2) is 4.79 Å². The molecule has 126 valence electrons. The summed E-state index contributed by atoms with van der Waals surface area (Å²) in [6, 6.07) is 8.91. The summed E-state index contributed by atoms with van der Waals surface area (Å²) in [6.45, 7) is 4.31. The zero-order valence-corrected chi connectivity index (χ0v) is 13.6. The van der Waals surface area contributed by atoms with Crippen molar-refractivity contribution >= 4 is 5.97 Å². The fourth-order valence-electron chi connectivity index (χ4n) is 2.99. The van der Waals surface area contributed by atoms with Gasteiger partial charge in [0.15, 0.2) is 12.1 Å². The van der Waals surface area contributed by atoms with E-state index in [4.69, 9.17) is 23.7 Å². The van der Waals surface area contributed by atoms with Gasteiger partial charge in [0.05, 0.1) is 18.8 Å². The second kappa shape index (κ2) is 6.57. The van der Waals surface area contributed by atoms with Crippen molar-refractivity contribution in [2.75, 3.05) is 20.3 Å². The number of benzene rings is 1. The standard InChI is InChI=1S/C17H22O6/c1-17(2)22-13-12(10-21-16(19-3)14(13)23-17)9-20-15(18)11-7-5-4-6-8-11/h4-8,12-14,16H,9-10H2,1-3H3/t12-,13?,14?,16?/m1/s1. The Labute approximate surface area is 135 Å². The molecule has 3 unspecified atom stereocenters. The Hall–Kier alpha value is -1.47. The second-order valence-corrected chi connectivity index (χ2v) is 6.23. The summed E-state index contributed by atoms with van der Waals surface area (Å²) < 4.78 is 28.2. The molecule has 0 radical (unpaired) electrons. The molecule has 0 amide bonds. The van der Waals surface area contributed by atoms with Gasteiger partial charge in [-0.3, -0.25) is 0 Å². The van der Waals surface area contributed by atoms with Gasteiger partial charge in [0, 0.05) is 13.0 Å². The van der Waals surface area contributed by atoms with Crippen LogP contribution < -0.4 is 0 Å². The van der Waals surface area contributed by atoms with Crippen molar-refractivity contribution in [3.63, 3.8) is 0 Å². The van der Waals surface area contributed by atoms with Crippen molar-refractivity contribution < 1.29 is 28.5 Å². The smallest absolute Gasteiger partial charge is 0.338 e. The maximum absolute atomic E-state index is 12.1. The highest BCUT2D eigenvalue weighted by Crippen LogP contribution is 2.38. The van der Waals surface area contributed by atoms with Crippen LogP contribution >= 0.6 is 0 Å². The number of hydrogen-bond acceptors (Lipinski definition) is 6. The molecular weight excluding hydrogens is 300 g/mol. The number of rotatable bonds is 4. The highest BCUT2D eigenvalue weighted by molar-refractivity contribution is 5.89. The first-order valence-corrected chi connectivity index (χ1v) is 7.72. The van der Waals surface area contributed by atoms with Crippen LogP contribution in [0.2, 0.25) is 0 Å². The first-order valence-electron chi connectivity index (χ1n) is 7.72. The molecule has 0 N–H and O–H groups in total. The lowest BCUT2D eigenvalue weighted by Gasteiger charge is -2.35. The van der Waals surface area contributed by atoms with Crippen LogP contribution in [0.3, 0.4) is 0 Å². The van der Waals surface area contributed by atoms with Crippen molar-refractivity contribution in [2.45, 2.75) is 38.1 Å². The van der Waals surface area contributed by atoms with Crippen LogP contribution in [0.5, 0.6) is 0 Å². The molecule has 0 bridgehead atoms. The van der Waals surface area contributed by atoms with Crippen molar-refractivity contribution in [3.8, 4) is 0 Å². The summed E-state index contributed by atoms with van der Waals surface area (Å²) in [5, 5.41) is 0. The van der Waals surface area contributed by atoms with E-state index in [-0.39, 0.29) is 30.7 Å². The zero-order chi connectivity index (χ0) is 16.4. The minimum Gasteiger partial charge on any atom is -0.462 e. The molecule has 0 aromatic heterocycles. The van der Waals surface area contributed by atoms with E-state index in [1.165, 1.54) is 0 Å². The average molecular weight is 322 g/mol. The molecule has 23 heavy (non-hydrogen) atoms. The summed E-state index contributed by atoms with van der Waals surface area (Å²) in [5.41, 5.74) is 0.527. The highest BCUT2D eigenvalue weighted by Gasteiger charge is 2.52. The van der Waals surface area contributed by atoms with Crippen molar-refractivity contribution in [1.29, 1.82) is 0 Å². The Morgan fingerprint density at radius 1 is 1.22 bits per heavy atom. The lowest BCUT2D eigenvalue weighted by molar-refractivity contribution is -0.231. The molecule has 2 fully saturated rings. The third-order valence-electron chi connectivity index (χ3n) is 4.04. The topological polar surface area (TPSA) is 63.2 Å². The Bertz CT molecular complexity index is 543. The molecule has 2 saturated heterocycles. The monoisotopic (exact) mass is 322 g/mol. The maximum Gasteiger partial charge on any atom is 0.338 e. The molecule has 1 aromatic rings. The van der Waals surface area contributed by atoms with E-state index in [0.717, 1.165) is 0 Å². The molecule has 0 aliphatic carbocycles. The maximum atomic E-state index is 12.1. The molecular formula is C17H22O6. The van der Waals surface area contributed by atoms with Gasteiger partial charge in [-0.1, -0.05) is 18.2 Å². The second-order valence-electron chi connectivity index (χ2n) is 6.23. The van der Waals surface area contributed by atoms with Gasteiger partial charge in [0.1, 0.15) is 12.2 Å². The molecule has 6 nitrogen and oxygen atoms in total. The summed E-state index contributed by atoms with van der Waals surface area (Å²) >= 11 is 0. The summed E-state index contributed by atoms with van der Waals surface area (Å²) in [5.74, 6) is -1.16. The van der Waals surface area contributed by atoms with Gasteiger partial charge < -0.3 is 23.7 Å². The van der Waals surface area contributed by atoms with E-state index < -0.39 is 12.1 Å². The zero-order valence-electron chi connectivity index (χ0n) is 13.6. The molecule has 0 spiro atoms. The number of ether oxygens (including phenoxy) is 5. The fourth-order valence-corrected chi connectivity index (χ4v) is 2.99. The quantitative estimate of drug-likeness (QED) is 0.790. The molecule has 4 atom stereocenters. The van der Waals surface area contributed by atoms with E-state index in [2.05, 4.69) is 0 Å². The minimum absolute atomic E-state index is 0.0964. The van der Waals surface area contributed by atoms with Gasteiger partial charge in [-0.15, -0.1) is 0 Å². The lowest BCUT2D eigenvalue weighted by atomic mass is 9.96. The van der Waals surface area contributed by atoms with Crippen LogP contribution in [0.4, 0.5) is 0 Å². The Balaban J connectivity index is 1.63. The van der Waals surface area contributed by atoms with Gasteiger partial charge in [-0.2, -0.15) is 0 Å². The Kier molecular flexibility index (Phi) is 4.68. The lowest BCUT2D eigenvalue weighted by Crippen LogP contribution is -2.50. The first kappa shape index (κ1) is 16.4. The van der Waals surface area contributed by atoms with Crippen LogP contribution in [0.15, 0.2) is 30.3 Å². The van der Waals surface area contributed by atoms with E-state index >= 15 is 0 Å². The number of carbonyl (C=O) groups excluding carboxylic acids is 1. The number of methoxy groups -OCH3 is 1. The normalized spacial score (nSPS) is 32.3. The van der Waals surface area contributed by atoms with Crippen LogP contribution in [0.1, 0.15) is 24.2 Å². The predicted molar refractivity (Wildman–Crippen MR) is 80.8 cm³/mol. The van der Waals surface area contributed by atoms with Gasteiger partial charge in [-0.05, 0) is 26.0 Å². The summed E-state index contributed by atoms with van der Waals surface area (Å²) in [6.07, 6.45) is -1.03. The van der Waals surface area contributed by atoms with E-state index in [9.17, 15) is 4.79 Å². The summed E-state index contributed by atoms with van der Waals surface area (Å²) in [4.78, 5) is 12.1. The van der Waals surface area contributed by atoms with E-state index in [1.54, 1.807) is 31.4 Å². The van der Waals surface area contributed by atoms with Crippen molar-refractivity contribution in [3.05, 3.63) is 35.9 Å². The largest absolute Gasteiger partial charge is 0.462 e. The molecule has 2 heterocycles. The van der Waals surface area contributed by atoms with E-state index in [0.29, 0.717) is 12.2 Å². The minimum atomic E-state index is -0.707. The number of carbonyl (C=O) groups is 1. The summed E-state index contributed by atoms with van der Waals surface area (Å²) in [7, 11) is 1.58. The third kappa shape index (κ3) is 3.55. The fraction of sp³-hybridized carbons (Fsp3) is 0.588. The van der Waals surface area contributed by atoms with Crippen molar-refractivity contribution in [2.24, 2.45) is 5.92 Å². The molecule has 3 rings (SSSR count). The Morgan fingerprint density at radius 2 is 1.91 bits per heavy atom. The van der Waals surface area contributed by atoms with Crippen molar-refractivity contribution in [1.82, 2.24) is 0 Å². The number of fused-ring (bicyclic) bond motifs is 1. The van der Waals surface area contributed by atoms with Gasteiger partial charge in [0.2, 0.25) is 0 Å². The average Bonchev–Trinajstić information content (AvgIpc) is 2.88. The number of hydrogen-bond donors (Lipinski definition) is 0. The number of esters is 1. The third-order valence-corrected chi connectivity index (χ3v) is 4.04. The molecule has 0 saturated carbocycles. The molecule has 6 heteroatoms. The van der Waals surface area contributed by atoms with E-state index in [1.807, 2.05) is 19.9 Å². The van der Waals surface area contributed by atoms with Crippen LogP contribution in [0.25, 0.3) is 0 Å². The molecule has 2 aliphatic heterocycles. The SMILES string of the molecule is COC1OC[C@@H](COC(=O)c2ccccc2)C2OC(C)(C)OC12. The molecule has 1 aromatic carbocycles. The molecule has 2 aliphatic rings.